The zero-order valence-corrected chi connectivity index (χ0v) is 39.2. The van der Waals surface area contributed by atoms with E-state index in [4.69, 9.17) is 23.5 Å². The third kappa shape index (κ3) is 33.3. The van der Waals surface area contributed by atoms with Gasteiger partial charge in [-0.05, 0) is 64.2 Å². The van der Waals surface area contributed by atoms with Crippen molar-refractivity contribution in [2.75, 3.05) is 26.4 Å². The number of carbonyl (C=O) groups is 1. The number of allylic oxidation sites excluding steroid dienone is 10. The molecule has 0 amide bonds. The Bertz CT molecular complexity index is 1310. The quantitative estimate of drug-likeness (QED) is 0.0198. The fraction of sp³-hybridized carbons (Fsp3) is 0.776. The van der Waals surface area contributed by atoms with Gasteiger partial charge in [0.05, 0.1) is 19.8 Å². The first-order chi connectivity index (χ1) is 30.1. The highest BCUT2D eigenvalue weighted by Crippen LogP contribution is 2.26. The van der Waals surface area contributed by atoms with Crippen molar-refractivity contribution in [3.8, 4) is 0 Å². The van der Waals surface area contributed by atoms with E-state index in [2.05, 4.69) is 66.6 Å². The summed E-state index contributed by atoms with van der Waals surface area (Å²) < 4.78 is 59.0. The van der Waals surface area contributed by atoms with E-state index in [1.54, 1.807) is 0 Å². The largest absolute Gasteiger partial charge is 0.457 e. The molecule has 12 nitrogen and oxygen atoms in total. The molecule has 0 aromatic heterocycles. The minimum Gasteiger partial charge on any atom is -0.457 e. The lowest BCUT2D eigenvalue weighted by Crippen LogP contribution is -2.60. The van der Waals surface area contributed by atoms with Crippen LogP contribution in [0.25, 0.3) is 0 Å². The van der Waals surface area contributed by atoms with E-state index in [1.807, 2.05) is 12.2 Å². The van der Waals surface area contributed by atoms with Gasteiger partial charge in [-0.25, -0.2) is 4.18 Å². The van der Waals surface area contributed by atoms with E-state index in [9.17, 15) is 28.5 Å². The minimum atomic E-state index is -5.07. The molecule has 0 bridgehead atoms. The molecule has 1 aliphatic heterocycles. The van der Waals surface area contributed by atoms with E-state index in [0.29, 0.717) is 13.0 Å². The van der Waals surface area contributed by atoms with E-state index < -0.39 is 59.8 Å². The average Bonchev–Trinajstić information content (AvgIpc) is 3.24. The van der Waals surface area contributed by atoms with Crippen molar-refractivity contribution in [2.45, 2.75) is 218 Å². The van der Waals surface area contributed by atoms with Gasteiger partial charge >= 0.3 is 16.4 Å². The Balaban J connectivity index is 2.39. The number of carbonyl (C=O) groups excluding carboxylic acids is 1. The molecule has 1 rings (SSSR count). The maximum absolute atomic E-state index is 12.8. The second-order valence-corrected chi connectivity index (χ2v) is 17.4. The van der Waals surface area contributed by atoms with Crippen LogP contribution in [0.5, 0.6) is 0 Å². The molecule has 1 aliphatic rings. The standard InChI is InChI=1S/C49H86O12S/c1-3-5-7-9-11-13-15-17-18-19-20-21-22-23-24-25-27-29-31-33-35-37-39-57-41-43(42-58-49-47(53)48(61-62(54,55)56)46(52)44(40-50)60-49)59-45(51)38-36-34-32-30-28-26-16-14-12-10-8-6-4-2/h6,8,12,14,19-20,26,28,32,34,43-44,46-50,52-53H,3-5,7,9-11,13,15-18,21-25,27,29-31,33,35-42H2,1-2H3,(H,54,55,56)/b8-6-,14-12-,20-19-,28-26-,34-32-. The lowest BCUT2D eigenvalue weighted by molar-refractivity contribution is -0.301. The molecule has 0 radical (unpaired) electrons. The first-order valence-electron chi connectivity index (χ1n) is 24.0. The van der Waals surface area contributed by atoms with Crippen LogP contribution in [0.3, 0.4) is 0 Å². The summed E-state index contributed by atoms with van der Waals surface area (Å²) in [5.41, 5.74) is 0. The van der Waals surface area contributed by atoms with Crippen molar-refractivity contribution in [3.05, 3.63) is 60.8 Å². The van der Waals surface area contributed by atoms with Crippen LogP contribution in [-0.2, 0) is 38.3 Å². The van der Waals surface area contributed by atoms with Gasteiger partial charge in [0.25, 0.3) is 0 Å². The highest BCUT2D eigenvalue weighted by Gasteiger charge is 2.48. The van der Waals surface area contributed by atoms with Crippen molar-refractivity contribution in [2.24, 2.45) is 0 Å². The van der Waals surface area contributed by atoms with Crippen molar-refractivity contribution < 1.29 is 56.2 Å². The molecule has 0 saturated carbocycles. The molecule has 13 heteroatoms. The van der Waals surface area contributed by atoms with E-state index in [1.165, 1.54) is 109 Å². The molecular formula is C49H86O12S. The zero-order chi connectivity index (χ0) is 45.4. The Morgan fingerprint density at radius 3 is 1.63 bits per heavy atom. The van der Waals surface area contributed by atoms with Crippen LogP contribution >= 0.6 is 0 Å². The van der Waals surface area contributed by atoms with Crippen LogP contribution in [0.1, 0.15) is 181 Å². The molecule has 360 valence electrons. The van der Waals surface area contributed by atoms with Gasteiger partial charge in [0.2, 0.25) is 0 Å². The number of esters is 1. The smallest absolute Gasteiger partial charge is 0.397 e. The van der Waals surface area contributed by atoms with E-state index in [-0.39, 0.29) is 19.6 Å². The Kier molecular flexibility index (Phi) is 37.6. The summed E-state index contributed by atoms with van der Waals surface area (Å²) >= 11 is 0. The van der Waals surface area contributed by atoms with Crippen molar-refractivity contribution in [3.63, 3.8) is 0 Å². The summed E-state index contributed by atoms with van der Waals surface area (Å²) in [6.07, 6.45) is 41.4. The van der Waals surface area contributed by atoms with Crippen LogP contribution in [0.2, 0.25) is 0 Å². The SMILES string of the molecule is CC/C=C\C/C=C\C/C=C\C/C=C\CCC(=O)OC(COCCCCCCCCCCCC/C=C\CCCCCCCCCC)COC1OC(CO)C(O)C(OS(=O)(=O)O)C1O. The fourth-order valence-corrected chi connectivity index (χ4v) is 7.54. The summed E-state index contributed by atoms with van der Waals surface area (Å²) in [6, 6.07) is 0. The minimum absolute atomic E-state index is 0.00454. The normalized spacial score (nSPS) is 20.5. The highest BCUT2D eigenvalue weighted by molar-refractivity contribution is 7.80. The number of rotatable bonds is 41. The Morgan fingerprint density at radius 1 is 0.629 bits per heavy atom. The number of aliphatic hydroxyl groups excluding tert-OH is 3. The second-order valence-electron chi connectivity index (χ2n) is 16.3. The molecular weight excluding hydrogens is 813 g/mol. The van der Waals surface area contributed by atoms with Gasteiger partial charge in [-0.3, -0.25) is 9.35 Å². The lowest BCUT2D eigenvalue weighted by atomic mass is 9.99. The van der Waals surface area contributed by atoms with Gasteiger partial charge in [-0.15, -0.1) is 0 Å². The Hall–Kier alpha value is -2.20. The molecule has 0 spiro atoms. The first-order valence-corrected chi connectivity index (χ1v) is 25.4. The third-order valence-corrected chi connectivity index (χ3v) is 11.1. The average molecular weight is 899 g/mol. The molecule has 62 heavy (non-hydrogen) atoms. The van der Waals surface area contributed by atoms with Gasteiger partial charge in [0.1, 0.15) is 30.5 Å². The van der Waals surface area contributed by atoms with Gasteiger partial charge in [-0.2, -0.15) is 8.42 Å². The number of aliphatic hydroxyl groups is 3. The summed E-state index contributed by atoms with van der Waals surface area (Å²) in [6.45, 7) is 3.78. The van der Waals surface area contributed by atoms with Crippen LogP contribution < -0.4 is 0 Å². The molecule has 1 saturated heterocycles. The molecule has 1 fully saturated rings. The molecule has 6 unspecified atom stereocenters. The van der Waals surface area contributed by atoms with Crippen LogP contribution in [0, 0.1) is 0 Å². The van der Waals surface area contributed by atoms with Crippen molar-refractivity contribution in [1.29, 1.82) is 0 Å². The van der Waals surface area contributed by atoms with E-state index in [0.717, 1.165) is 44.9 Å². The topological polar surface area (TPSA) is 178 Å². The van der Waals surface area contributed by atoms with Gasteiger partial charge in [-0.1, -0.05) is 171 Å². The zero-order valence-electron chi connectivity index (χ0n) is 38.4. The van der Waals surface area contributed by atoms with Gasteiger partial charge in [0, 0.05) is 13.0 Å². The third-order valence-electron chi connectivity index (χ3n) is 10.6. The summed E-state index contributed by atoms with van der Waals surface area (Å²) in [7, 11) is -5.07. The summed E-state index contributed by atoms with van der Waals surface area (Å²) in [5, 5.41) is 30.7. The van der Waals surface area contributed by atoms with Crippen LogP contribution in [0.4, 0.5) is 0 Å². The molecule has 6 atom stereocenters. The van der Waals surface area contributed by atoms with Gasteiger partial charge in [0.15, 0.2) is 6.29 Å². The number of ether oxygens (including phenoxy) is 4. The summed E-state index contributed by atoms with van der Waals surface area (Å²) in [4.78, 5) is 12.8. The predicted octanol–water partition coefficient (Wildman–Crippen LogP) is 10.5. The number of hydrogen-bond acceptors (Lipinski definition) is 11. The van der Waals surface area contributed by atoms with Crippen molar-refractivity contribution in [1.82, 2.24) is 0 Å². The summed E-state index contributed by atoms with van der Waals surface area (Å²) in [5.74, 6) is -0.479. The second kappa shape index (κ2) is 40.3. The molecule has 0 aliphatic carbocycles. The fourth-order valence-electron chi connectivity index (χ4n) is 7.03. The lowest BCUT2D eigenvalue weighted by Gasteiger charge is -2.41. The molecule has 1 heterocycles. The molecule has 0 aromatic rings. The maximum atomic E-state index is 12.8. The predicted molar refractivity (Wildman–Crippen MR) is 248 cm³/mol. The van der Waals surface area contributed by atoms with Crippen LogP contribution in [-0.4, -0.2) is 97.5 Å². The number of hydrogen-bond donors (Lipinski definition) is 4. The highest BCUT2D eigenvalue weighted by atomic mass is 32.3. The van der Waals surface area contributed by atoms with Gasteiger partial charge < -0.3 is 34.3 Å². The van der Waals surface area contributed by atoms with Crippen LogP contribution in [0.15, 0.2) is 60.8 Å². The molecule has 0 aromatic carbocycles. The first kappa shape index (κ1) is 57.8. The Morgan fingerprint density at radius 2 is 1.11 bits per heavy atom. The maximum Gasteiger partial charge on any atom is 0.397 e. The molecule has 4 N–H and O–H groups in total. The number of unbranched alkanes of at least 4 members (excludes halogenated alkanes) is 18. The van der Waals surface area contributed by atoms with Crippen molar-refractivity contribution >= 4 is 16.4 Å². The van der Waals surface area contributed by atoms with E-state index >= 15 is 0 Å². The monoisotopic (exact) mass is 899 g/mol. The Labute approximate surface area is 376 Å².